The third-order valence-electron chi connectivity index (χ3n) is 3.01. The Morgan fingerprint density at radius 1 is 1.35 bits per heavy atom. The van der Waals surface area contributed by atoms with Crippen molar-refractivity contribution in [2.24, 2.45) is 0 Å². The fourth-order valence-electron chi connectivity index (χ4n) is 2.20. The molecule has 0 amide bonds. The Morgan fingerprint density at radius 2 is 2.18 bits per heavy atom. The fraction of sp³-hybridized carbons (Fsp3) is 0.538. The topological polar surface area (TPSA) is 32.7 Å². The van der Waals surface area contributed by atoms with Crippen molar-refractivity contribution in [3.8, 4) is 0 Å². The van der Waals surface area contributed by atoms with Gasteiger partial charge < -0.3 is 14.7 Å². The Balaban J connectivity index is 2.32. The number of anilines is 1. The molecule has 0 aliphatic carbocycles. The summed E-state index contributed by atoms with van der Waals surface area (Å²) in [6.45, 7) is 4.56. The summed E-state index contributed by atoms with van der Waals surface area (Å²) in [6, 6.07) is 4.93. The summed E-state index contributed by atoms with van der Waals surface area (Å²) in [5.74, 6) is -0.345. The van der Waals surface area contributed by atoms with E-state index in [-0.39, 0.29) is 5.82 Å². The Morgan fingerprint density at radius 3 is 2.94 bits per heavy atom. The lowest BCUT2D eigenvalue weighted by Crippen LogP contribution is -2.27. The highest BCUT2D eigenvalue weighted by atomic mass is 19.1. The minimum absolute atomic E-state index is 0.345. The van der Waals surface area contributed by atoms with Gasteiger partial charge in [-0.05, 0) is 25.5 Å². The number of halogens is 1. The molecule has 17 heavy (non-hydrogen) atoms. The van der Waals surface area contributed by atoms with Crippen LogP contribution in [0.15, 0.2) is 18.2 Å². The first-order valence-electron chi connectivity index (χ1n) is 5.99. The molecule has 1 aromatic rings. The molecular weight excluding hydrogens is 221 g/mol. The summed E-state index contributed by atoms with van der Waals surface area (Å²) in [7, 11) is 0. The summed E-state index contributed by atoms with van der Waals surface area (Å²) >= 11 is 0. The third kappa shape index (κ3) is 2.76. The minimum Gasteiger partial charge on any atom is -0.389 e. The van der Waals surface area contributed by atoms with Crippen LogP contribution in [0.4, 0.5) is 10.1 Å². The predicted molar refractivity (Wildman–Crippen MR) is 64.7 cm³/mol. The van der Waals surface area contributed by atoms with Gasteiger partial charge in [0.05, 0.1) is 12.7 Å². The highest BCUT2D eigenvalue weighted by molar-refractivity contribution is 5.55. The Bertz CT molecular complexity index is 374. The van der Waals surface area contributed by atoms with Gasteiger partial charge in [0, 0.05) is 30.9 Å². The molecule has 0 spiro atoms. The molecule has 1 aliphatic heterocycles. The predicted octanol–water partition coefficient (Wildman–Crippen LogP) is 2.11. The average molecular weight is 239 g/mol. The average Bonchev–Trinajstić information content (AvgIpc) is 2.56. The monoisotopic (exact) mass is 239 g/mol. The van der Waals surface area contributed by atoms with Crippen LogP contribution in [-0.2, 0) is 4.74 Å². The second kappa shape index (κ2) is 5.47. The molecule has 1 N–H and O–H groups in total. The lowest BCUT2D eigenvalue weighted by atomic mass is 10.1. The van der Waals surface area contributed by atoms with Crippen LogP contribution in [0.1, 0.15) is 25.0 Å². The number of hydrogen-bond acceptors (Lipinski definition) is 3. The van der Waals surface area contributed by atoms with E-state index in [0.717, 1.165) is 31.8 Å². The number of ether oxygens (including phenoxy) is 1. The fourth-order valence-corrected chi connectivity index (χ4v) is 2.20. The molecule has 1 atom stereocenters. The van der Waals surface area contributed by atoms with Crippen molar-refractivity contribution in [3.63, 3.8) is 0 Å². The molecule has 1 fully saturated rings. The van der Waals surface area contributed by atoms with E-state index in [1.54, 1.807) is 13.0 Å². The zero-order valence-corrected chi connectivity index (χ0v) is 10.0. The molecule has 4 heteroatoms. The second-order valence-corrected chi connectivity index (χ2v) is 4.30. The molecule has 3 nitrogen and oxygen atoms in total. The van der Waals surface area contributed by atoms with E-state index in [2.05, 4.69) is 4.90 Å². The molecule has 1 heterocycles. The maximum atomic E-state index is 13.7. The molecule has 94 valence electrons. The summed E-state index contributed by atoms with van der Waals surface area (Å²) in [6.07, 6.45) is 0.130. The van der Waals surface area contributed by atoms with Gasteiger partial charge in [-0.1, -0.05) is 6.07 Å². The number of benzene rings is 1. The van der Waals surface area contributed by atoms with Gasteiger partial charge in [0.2, 0.25) is 0 Å². The number of aliphatic hydroxyl groups excluding tert-OH is 1. The van der Waals surface area contributed by atoms with Crippen LogP contribution in [0.2, 0.25) is 0 Å². The highest BCUT2D eigenvalue weighted by Gasteiger charge is 2.19. The number of aliphatic hydroxyl groups is 1. The van der Waals surface area contributed by atoms with Crippen molar-refractivity contribution in [1.29, 1.82) is 0 Å². The van der Waals surface area contributed by atoms with Gasteiger partial charge in [0.1, 0.15) is 5.82 Å². The van der Waals surface area contributed by atoms with E-state index >= 15 is 0 Å². The molecule has 0 aromatic heterocycles. The summed E-state index contributed by atoms with van der Waals surface area (Å²) in [5.41, 5.74) is 1.17. The maximum Gasteiger partial charge on any atom is 0.131 e. The first-order valence-corrected chi connectivity index (χ1v) is 5.99. The zero-order chi connectivity index (χ0) is 12.3. The van der Waals surface area contributed by atoms with Gasteiger partial charge in [-0.3, -0.25) is 0 Å². The van der Waals surface area contributed by atoms with Crippen LogP contribution in [0.5, 0.6) is 0 Å². The normalized spacial score (nSPS) is 18.9. The first-order chi connectivity index (χ1) is 8.20. The molecular formula is C13H18FNO2. The summed E-state index contributed by atoms with van der Waals surface area (Å²) in [5, 5.41) is 9.69. The van der Waals surface area contributed by atoms with Gasteiger partial charge in [-0.2, -0.15) is 0 Å². The van der Waals surface area contributed by atoms with E-state index in [1.165, 1.54) is 6.07 Å². The van der Waals surface area contributed by atoms with Crippen LogP contribution in [0.3, 0.4) is 0 Å². The van der Waals surface area contributed by atoms with Crippen molar-refractivity contribution in [1.82, 2.24) is 0 Å². The number of rotatable bonds is 2. The Kier molecular flexibility index (Phi) is 3.97. The maximum absolute atomic E-state index is 13.7. The van der Waals surface area contributed by atoms with Crippen LogP contribution >= 0.6 is 0 Å². The molecule has 0 saturated carbocycles. The first kappa shape index (κ1) is 12.3. The smallest absolute Gasteiger partial charge is 0.131 e. The van der Waals surface area contributed by atoms with E-state index in [9.17, 15) is 9.50 Å². The van der Waals surface area contributed by atoms with Crippen molar-refractivity contribution < 1.29 is 14.2 Å². The lowest BCUT2D eigenvalue weighted by Gasteiger charge is -2.26. The van der Waals surface area contributed by atoms with Crippen LogP contribution in [0, 0.1) is 5.82 Å². The molecule has 1 aliphatic rings. The van der Waals surface area contributed by atoms with Gasteiger partial charge in [0.15, 0.2) is 0 Å². The quantitative estimate of drug-likeness (QED) is 0.858. The lowest BCUT2D eigenvalue weighted by molar-refractivity contribution is 0.152. The standard InChI is InChI=1S/C13H18FNO2/c1-10(16)13-11(14)4-2-5-12(13)15-6-3-8-17-9-7-15/h2,4-5,10,16H,3,6-9H2,1H3/t10-/m1/s1. The SMILES string of the molecule is C[C@@H](O)c1c(F)cccc1N1CCCOCC1. The zero-order valence-electron chi connectivity index (χ0n) is 10.0. The third-order valence-corrected chi connectivity index (χ3v) is 3.01. The molecule has 2 rings (SSSR count). The van der Waals surface area contributed by atoms with Crippen molar-refractivity contribution in [2.75, 3.05) is 31.2 Å². The van der Waals surface area contributed by atoms with E-state index < -0.39 is 6.10 Å². The minimum atomic E-state index is -0.796. The highest BCUT2D eigenvalue weighted by Crippen LogP contribution is 2.29. The van der Waals surface area contributed by atoms with E-state index in [0.29, 0.717) is 12.2 Å². The van der Waals surface area contributed by atoms with E-state index in [1.807, 2.05) is 6.07 Å². The summed E-state index contributed by atoms with van der Waals surface area (Å²) < 4.78 is 19.1. The Labute approximate surface area is 101 Å². The molecule has 1 saturated heterocycles. The second-order valence-electron chi connectivity index (χ2n) is 4.30. The molecule has 0 radical (unpaired) electrons. The van der Waals surface area contributed by atoms with Gasteiger partial charge >= 0.3 is 0 Å². The van der Waals surface area contributed by atoms with Crippen molar-refractivity contribution in [3.05, 3.63) is 29.6 Å². The number of nitrogens with zero attached hydrogens (tertiary/aromatic N) is 1. The molecule has 0 bridgehead atoms. The van der Waals surface area contributed by atoms with Gasteiger partial charge in [-0.25, -0.2) is 4.39 Å². The molecule has 0 unspecified atom stereocenters. The largest absolute Gasteiger partial charge is 0.389 e. The van der Waals surface area contributed by atoms with Gasteiger partial charge in [0.25, 0.3) is 0 Å². The van der Waals surface area contributed by atoms with Crippen LogP contribution in [-0.4, -0.2) is 31.4 Å². The van der Waals surface area contributed by atoms with Crippen LogP contribution in [0.25, 0.3) is 0 Å². The van der Waals surface area contributed by atoms with Gasteiger partial charge in [-0.15, -0.1) is 0 Å². The Hall–Kier alpha value is -1.13. The molecule has 1 aromatic carbocycles. The van der Waals surface area contributed by atoms with Crippen molar-refractivity contribution >= 4 is 5.69 Å². The number of hydrogen-bond donors (Lipinski definition) is 1. The van der Waals surface area contributed by atoms with E-state index in [4.69, 9.17) is 4.74 Å². The van der Waals surface area contributed by atoms with Crippen molar-refractivity contribution in [2.45, 2.75) is 19.4 Å². The summed E-state index contributed by atoms with van der Waals surface area (Å²) in [4.78, 5) is 2.08. The van der Waals surface area contributed by atoms with Crippen LogP contribution < -0.4 is 4.90 Å².